The molecule has 5 nitrogen and oxygen atoms in total. The first-order chi connectivity index (χ1) is 12.1. The molecule has 2 rings (SSSR count). The second kappa shape index (κ2) is 9.93. The van der Waals surface area contributed by atoms with Gasteiger partial charge in [0.2, 0.25) is 5.91 Å². The number of aliphatic hydroxyl groups is 2. The van der Waals surface area contributed by atoms with E-state index in [2.05, 4.69) is 5.32 Å². The fourth-order valence-corrected chi connectivity index (χ4v) is 2.76. The molecule has 25 heavy (non-hydrogen) atoms. The monoisotopic (exact) mass is 341 g/mol. The van der Waals surface area contributed by atoms with E-state index in [0.717, 1.165) is 16.7 Å². The highest BCUT2D eigenvalue weighted by atomic mass is 16.3. The van der Waals surface area contributed by atoms with E-state index < -0.39 is 12.0 Å². The van der Waals surface area contributed by atoms with E-state index in [0.29, 0.717) is 31.5 Å². The summed E-state index contributed by atoms with van der Waals surface area (Å²) in [7, 11) is 0. The third kappa shape index (κ3) is 5.98. The Hall–Kier alpha value is -2.21. The van der Waals surface area contributed by atoms with Crippen molar-refractivity contribution in [2.24, 2.45) is 5.73 Å². The van der Waals surface area contributed by atoms with Crippen molar-refractivity contribution in [3.05, 3.63) is 77.2 Å². The predicted octanol–water partition coefficient (Wildman–Crippen LogP) is 1.22. The van der Waals surface area contributed by atoms with Gasteiger partial charge in [0.25, 0.3) is 0 Å². The minimum atomic E-state index is -0.569. The first-order valence-electron chi connectivity index (χ1n) is 8.39. The van der Waals surface area contributed by atoms with Crippen molar-refractivity contribution < 1.29 is 15.0 Å². The summed E-state index contributed by atoms with van der Waals surface area (Å²) in [5.74, 6) is -0.499. The fraction of sp³-hybridized carbons (Fsp3) is 0.300. The van der Waals surface area contributed by atoms with Crippen molar-refractivity contribution in [1.29, 1.82) is 0 Å². The molecule has 0 unspecified atom stereocenters. The summed E-state index contributed by atoms with van der Waals surface area (Å²) < 4.78 is 0. The maximum Gasteiger partial charge on any atom is 0.248 e. The summed E-state index contributed by atoms with van der Waals surface area (Å²) >= 11 is 0. The van der Waals surface area contributed by atoms with Crippen LogP contribution in [0.15, 0.2) is 48.5 Å². The van der Waals surface area contributed by atoms with E-state index in [9.17, 15) is 15.0 Å². The van der Waals surface area contributed by atoms with Crippen LogP contribution in [0.1, 0.15) is 27.0 Å². The van der Waals surface area contributed by atoms with Gasteiger partial charge in [0, 0.05) is 25.3 Å². The first kappa shape index (κ1) is 19.1. The van der Waals surface area contributed by atoms with Crippen LogP contribution >= 0.6 is 0 Å². The van der Waals surface area contributed by atoms with Gasteiger partial charge in [-0.25, -0.2) is 0 Å². The molecule has 2 aromatic carbocycles. The number of primary amides is 1. The van der Waals surface area contributed by atoms with Crippen LogP contribution in [0.2, 0.25) is 0 Å². The Balaban J connectivity index is 1.86. The van der Waals surface area contributed by atoms with Crippen LogP contribution in [0.5, 0.6) is 0 Å². The average Bonchev–Trinajstić information content (AvgIpc) is 2.62. The smallest absolute Gasteiger partial charge is 0.248 e. The standard InChI is InChI=1S/C20H25N2O3/c21-20(25)19-8-4-7-16(18(19)11-12-23)13-22-14-17(24)10-9-15-5-2-1-3-6-15/h1-8,10,17,22-24H,9,11-14H2,(H2,21,25)/t17-/m1/s1. The molecule has 0 bridgehead atoms. The zero-order valence-electron chi connectivity index (χ0n) is 14.2. The summed E-state index contributed by atoms with van der Waals surface area (Å²) in [6.07, 6.45) is 2.37. The zero-order chi connectivity index (χ0) is 18.1. The van der Waals surface area contributed by atoms with Crippen molar-refractivity contribution in [3.8, 4) is 0 Å². The number of hydrogen-bond acceptors (Lipinski definition) is 4. The van der Waals surface area contributed by atoms with Gasteiger partial charge in [0.1, 0.15) is 0 Å². The van der Waals surface area contributed by atoms with Gasteiger partial charge in [-0.1, -0.05) is 42.5 Å². The van der Waals surface area contributed by atoms with Crippen LogP contribution in [0.25, 0.3) is 0 Å². The normalized spacial score (nSPS) is 12.1. The second-order valence-electron chi connectivity index (χ2n) is 5.90. The van der Waals surface area contributed by atoms with Crippen molar-refractivity contribution >= 4 is 5.91 Å². The average molecular weight is 341 g/mol. The summed E-state index contributed by atoms with van der Waals surface area (Å²) in [5, 5.41) is 22.5. The van der Waals surface area contributed by atoms with E-state index in [4.69, 9.17) is 5.73 Å². The van der Waals surface area contributed by atoms with Crippen molar-refractivity contribution in [1.82, 2.24) is 5.32 Å². The Morgan fingerprint density at radius 2 is 1.92 bits per heavy atom. The molecular formula is C20H25N2O3. The molecule has 5 heteroatoms. The molecule has 0 aliphatic heterocycles. The maximum absolute atomic E-state index is 11.5. The van der Waals surface area contributed by atoms with E-state index in [1.54, 1.807) is 12.1 Å². The highest BCUT2D eigenvalue weighted by Crippen LogP contribution is 2.15. The maximum atomic E-state index is 11.5. The van der Waals surface area contributed by atoms with Crippen molar-refractivity contribution in [2.45, 2.75) is 25.5 Å². The summed E-state index contributed by atoms with van der Waals surface area (Å²) in [4.78, 5) is 11.5. The van der Waals surface area contributed by atoms with Gasteiger partial charge in [0.05, 0.1) is 6.10 Å². The number of nitrogens with one attached hydrogen (secondary N) is 1. The van der Waals surface area contributed by atoms with Crippen molar-refractivity contribution in [2.75, 3.05) is 13.2 Å². The number of nitrogens with two attached hydrogens (primary N) is 1. The molecule has 0 spiro atoms. The lowest BCUT2D eigenvalue weighted by Gasteiger charge is -2.15. The second-order valence-corrected chi connectivity index (χ2v) is 5.90. The number of hydrogen-bond donors (Lipinski definition) is 4. The molecule has 0 heterocycles. The van der Waals surface area contributed by atoms with Crippen LogP contribution in [-0.4, -0.2) is 35.4 Å². The molecule has 0 saturated carbocycles. The van der Waals surface area contributed by atoms with Gasteiger partial charge in [-0.2, -0.15) is 0 Å². The van der Waals surface area contributed by atoms with Gasteiger partial charge < -0.3 is 21.3 Å². The Labute approximate surface area is 148 Å². The molecule has 5 N–H and O–H groups in total. The number of aliphatic hydroxyl groups excluding tert-OH is 2. The van der Waals surface area contributed by atoms with Crippen LogP contribution < -0.4 is 11.1 Å². The fourth-order valence-electron chi connectivity index (χ4n) is 2.76. The van der Waals surface area contributed by atoms with Crippen molar-refractivity contribution in [3.63, 3.8) is 0 Å². The molecule has 1 atom stereocenters. The van der Waals surface area contributed by atoms with Gasteiger partial charge in [0.15, 0.2) is 0 Å². The Morgan fingerprint density at radius 1 is 1.16 bits per heavy atom. The molecule has 0 saturated heterocycles. The highest BCUT2D eigenvalue weighted by Gasteiger charge is 2.12. The number of amides is 1. The molecule has 2 aromatic rings. The van der Waals surface area contributed by atoms with E-state index in [1.807, 2.05) is 42.8 Å². The van der Waals surface area contributed by atoms with Crippen LogP contribution in [0.3, 0.4) is 0 Å². The first-order valence-corrected chi connectivity index (χ1v) is 8.39. The zero-order valence-corrected chi connectivity index (χ0v) is 14.2. The lowest BCUT2D eigenvalue weighted by atomic mass is 9.97. The van der Waals surface area contributed by atoms with E-state index >= 15 is 0 Å². The highest BCUT2D eigenvalue weighted by molar-refractivity contribution is 5.94. The van der Waals surface area contributed by atoms with Gasteiger partial charge in [-0.05, 0) is 42.0 Å². The Morgan fingerprint density at radius 3 is 2.60 bits per heavy atom. The Kier molecular flexibility index (Phi) is 7.60. The van der Waals surface area contributed by atoms with Gasteiger partial charge in [-0.15, -0.1) is 0 Å². The van der Waals surface area contributed by atoms with Gasteiger partial charge in [-0.3, -0.25) is 4.79 Å². The number of rotatable bonds is 10. The minimum absolute atomic E-state index is 0.0508. The number of carbonyl (C=O) groups is 1. The lowest BCUT2D eigenvalue weighted by Crippen LogP contribution is -2.28. The quantitative estimate of drug-likeness (QED) is 0.522. The molecule has 0 aliphatic carbocycles. The molecule has 1 amide bonds. The lowest BCUT2D eigenvalue weighted by molar-refractivity contribution is 0.0999. The van der Waals surface area contributed by atoms with E-state index in [-0.39, 0.29) is 6.61 Å². The van der Waals surface area contributed by atoms with E-state index in [1.165, 1.54) is 0 Å². The topological polar surface area (TPSA) is 95.6 Å². The predicted molar refractivity (Wildman–Crippen MR) is 97.9 cm³/mol. The van der Waals surface area contributed by atoms with Crippen LogP contribution in [-0.2, 0) is 19.4 Å². The molecule has 0 aromatic heterocycles. The Bertz CT molecular complexity index is 674. The SMILES string of the molecule is NC(=O)c1cccc(CNC[C@H](O)[CH]Cc2ccccc2)c1CCO. The molecular weight excluding hydrogens is 316 g/mol. The third-order valence-electron chi connectivity index (χ3n) is 4.04. The third-order valence-corrected chi connectivity index (χ3v) is 4.04. The molecule has 0 aliphatic rings. The van der Waals surface area contributed by atoms with Crippen LogP contribution in [0.4, 0.5) is 0 Å². The largest absolute Gasteiger partial charge is 0.396 e. The number of benzene rings is 2. The summed E-state index contributed by atoms with van der Waals surface area (Å²) in [6, 6.07) is 15.3. The summed E-state index contributed by atoms with van der Waals surface area (Å²) in [6.45, 7) is 0.851. The summed E-state index contributed by atoms with van der Waals surface area (Å²) in [5.41, 5.74) is 8.65. The van der Waals surface area contributed by atoms with Gasteiger partial charge >= 0.3 is 0 Å². The molecule has 133 valence electrons. The minimum Gasteiger partial charge on any atom is -0.396 e. The molecule has 1 radical (unpaired) electrons. The van der Waals surface area contributed by atoms with Crippen LogP contribution in [0, 0.1) is 6.42 Å². The number of carbonyl (C=O) groups excluding carboxylic acids is 1. The molecule has 0 fully saturated rings.